The van der Waals surface area contributed by atoms with E-state index in [-0.39, 0.29) is 21.9 Å². The molecule has 0 N–H and O–H groups in total. The third-order valence-corrected chi connectivity index (χ3v) is 3.18. The first-order chi connectivity index (χ1) is 8.74. The van der Waals surface area contributed by atoms with Crippen LogP contribution in [0.5, 0.6) is 0 Å². The second-order valence-electron chi connectivity index (χ2n) is 3.66. The number of hydrogen-bond acceptors (Lipinski definition) is 1. The molecule has 0 aliphatic carbocycles. The summed E-state index contributed by atoms with van der Waals surface area (Å²) in [6.07, 6.45) is -4.49. The lowest BCUT2D eigenvalue weighted by Crippen LogP contribution is -2.40. The van der Waals surface area contributed by atoms with Gasteiger partial charge in [-0.15, -0.1) is 0 Å². The van der Waals surface area contributed by atoms with Crippen LogP contribution >= 0.6 is 31.9 Å². The molecule has 106 valence electrons. The molecule has 0 saturated heterocycles. The fourth-order valence-corrected chi connectivity index (χ4v) is 2.06. The maximum atomic E-state index is 13.3. The van der Waals surface area contributed by atoms with Gasteiger partial charge in [0.1, 0.15) is 12.4 Å². The van der Waals surface area contributed by atoms with Gasteiger partial charge in [-0.05, 0) is 34.1 Å². The number of carbonyl (C=O) groups excluding carboxylic acids is 1. The molecule has 0 fully saturated rings. The van der Waals surface area contributed by atoms with E-state index in [0.717, 1.165) is 6.07 Å². The molecule has 0 radical (unpaired) electrons. The first kappa shape index (κ1) is 16.4. The van der Waals surface area contributed by atoms with Crippen LogP contribution in [0.2, 0.25) is 0 Å². The summed E-state index contributed by atoms with van der Waals surface area (Å²) in [6, 6.07) is 3.46. The van der Waals surface area contributed by atoms with Crippen molar-refractivity contribution in [3.63, 3.8) is 0 Å². The molecule has 2 nitrogen and oxygen atoms in total. The second-order valence-corrected chi connectivity index (χ2v) is 5.31. The molecule has 1 aromatic carbocycles. The first-order valence-corrected chi connectivity index (χ1v) is 7.03. The average Bonchev–Trinajstić information content (AvgIpc) is 2.29. The quantitative estimate of drug-likeness (QED) is 0.547. The largest absolute Gasteiger partial charge is 0.406 e. The zero-order chi connectivity index (χ0) is 14.6. The van der Waals surface area contributed by atoms with Crippen LogP contribution in [0.1, 0.15) is 10.4 Å². The Labute approximate surface area is 124 Å². The summed E-state index contributed by atoms with van der Waals surface area (Å²) in [5, 5.41) is 0.202. The topological polar surface area (TPSA) is 20.3 Å². The van der Waals surface area contributed by atoms with Crippen LogP contribution in [-0.4, -0.2) is 35.4 Å². The first-order valence-electron chi connectivity index (χ1n) is 5.11. The van der Waals surface area contributed by atoms with E-state index in [9.17, 15) is 22.4 Å². The highest BCUT2D eigenvalue weighted by molar-refractivity contribution is 9.10. The molecule has 8 heteroatoms. The summed E-state index contributed by atoms with van der Waals surface area (Å²) in [5.41, 5.74) is -0.120. The van der Waals surface area contributed by atoms with Gasteiger partial charge in [-0.2, -0.15) is 13.2 Å². The van der Waals surface area contributed by atoms with Crippen LogP contribution in [0.3, 0.4) is 0 Å². The summed E-state index contributed by atoms with van der Waals surface area (Å²) in [4.78, 5) is 12.5. The minimum Gasteiger partial charge on any atom is -0.329 e. The van der Waals surface area contributed by atoms with Crippen molar-refractivity contribution in [3.8, 4) is 0 Å². The SMILES string of the molecule is O=C(c1ccc(Br)c(F)c1)N(CCBr)CC(F)(F)F. The van der Waals surface area contributed by atoms with Crippen molar-refractivity contribution in [1.29, 1.82) is 0 Å². The lowest BCUT2D eigenvalue weighted by molar-refractivity contribution is -0.140. The van der Waals surface area contributed by atoms with Gasteiger partial charge in [0.2, 0.25) is 0 Å². The van der Waals surface area contributed by atoms with Crippen molar-refractivity contribution in [2.24, 2.45) is 0 Å². The number of carbonyl (C=O) groups is 1. The van der Waals surface area contributed by atoms with Crippen LogP contribution in [0.25, 0.3) is 0 Å². The Morgan fingerprint density at radius 3 is 2.42 bits per heavy atom. The highest BCUT2D eigenvalue weighted by Gasteiger charge is 2.33. The van der Waals surface area contributed by atoms with Crippen LogP contribution in [0, 0.1) is 5.82 Å². The fraction of sp³-hybridized carbons (Fsp3) is 0.364. The summed E-state index contributed by atoms with van der Waals surface area (Å²) < 4.78 is 50.5. The molecule has 0 heterocycles. The van der Waals surface area contributed by atoms with Gasteiger partial charge >= 0.3 is 6.18 Å². The molecule has 1 aromatic rings. The van der Waals surface area contributed by atoms with Gasteiger partial charge in [-0.1, -0.05) is 15.9 Å². The maximum Gasteiger partial charge on any atom is 0.406 e. The summed E-state index contributed by atoms with van der Waals surface area (Å²) in [5.74, 6) is -1.56. The van der Waals surface area contributed by atoms with E-state index in [4.69, 9.17) is 0 Å². The smallest absolute Gasteiger partial charge is 0.329 e. The van der Waals surface area contributed by atoms with Crippen LogP contribution in [0.4, 0.5) is 17.6 Å². The number of benzene rings is 1. The third-order valence-electron chi connectivity index (χ3n) is 2.18. The van der Waals surface area contributed by atoms with Crippen LogP contribution < -0.4 is 0 Å². The molecule has 0 aliphatic heterocycles. The lowest BCUT2D eigenvalue weighted by atomic mass is 10.2. The Morgan fingerprint density at radius 2 is 1.95 bits per heavy atom. The Kier molecular flexibility index (Phi) is 5.79. The van der Waals surface area contributed by atoms with Gasteiger partial charge in [0.05, 0.1) is 4.47 Å². The van der Waals surface area contributed by atoms with Crippen molar-refractivity contribution < 1.29 is 22.4 Å². The third kappa shape index (κ3) is 5.10. The second kappa shape index (κ2) is 6.69. The molecule has 0 unspecified atom stereocenters. The lowest BCUT2D eigenvalue weighted by Gasteiger charge is -2.23. The Morgan fingerprint density at radius 1 is 1.32 bits per heavy atom. The molecule has 0 atom stereocenters. The number of hydrogen-bond donors (Lipinski definition) is 0. The summed E-state index contributed by atoms with van der Waals surface area (Å²) in [7, 11) is 0. The van der Waals surface area contributed by atoms with Crippen molar-refractivity contribution in [2.45, 2.75) is 6.18 Å². The van der Waals surface area contributed by atoms with Crippen molar-refractivity contribution in [3.05, 3.63) is 34.1 Å². The predicted molar refractivity (Wildman–Crippen MR) is 69.9 cm³/mol. The highest BCUT2D eigenvalue weighted by Crippen LogP contribution is 2.20. The van der Waals surface area contributed by atoms with Gasteiger partial charge < -0.3 is 4.90 Å². The van der Waals surface area contributed by atoms with Gasteiger partial charge in [0.15, 0.2) is 0 Å². The minimum absolute atomic E-state index is 0.115. The van der Waals surface area contributed by atoms with E-state index < -0.39 is 24.4 Å². The molecule has 0 bridgehead atoms. The Hall–Kier alpha value is -0.630. The normalized spacial score (nSPS) is 11.5. The number of rotatable bonds is 4. The highest BCUT2D eigenvalue weighted by atomic mass is 79.9. The molecule has 1 rings (SSSR count). The number of nitrogens with zero attached hydrogens (tertiary/aromatic N) is 1. The van der Waals surface area contributed by atoms with E-state index in [0.29, 0.717) is 4.90 Å². The minimum atomic E-state index is -4.49. The monoisotopic (exact) mass is 405 g/mol. The van der Waals surface area contributed by atoms with Crippen molar-refractivity contribution in [2.75, 3.05) is 18.4 Å². The molecule has 0 aromatic heterocycles. The van der Waals surface area contributed by atoms with E-state index in [1.807, 2.05) is 0 Å². The molecule has 19 heavy (non-hydrogen) atoms. The van der Waals surface area contributed by atoms with E-state index in [1.54, 1.807) is 0 Å². The standard InChI is InChI=1S/C11H9Br2F4NO/c12-3-4-18(6-11(15,16)17)10(19)7-1-2-8(13)9(14)5-7/h1-2,5H,3-4,6H2. The van der Waals surface area contributed by atoms with E-state index in [2.05, 4.69) is 31.9 Å². The van der Waals surface area contributed by atoms with Gasteiger partial charge in [0.25, 0.3) is 5.91 Å². The zero-order valence-corrected chi connectivity index (χ0v) is 12.6. The number of amides is 1. The fourth-order valence-electron chi connectivity index (χ4n) is 1.38. The molecular formula is C11H9Br2F4NO. The zero-order valence-electron chi connectivity index (χ0n) is 9.48. The van der Waals surface area contributed by atoms with Gasteiger partial charge in [-0.3, -0.25) is 4.79 Å². The van der Waals surface area contributed by atoms with Gasteiger partial charge in [0, 0.05) is 17.4 Å². The van der Waals surface area contributed by atoms with Gasteiger partial charge in [-0.25, -0.2) is 4.39 Å². The van der Waals surface area contributed by atoms with Crippen molar-refractivity contribution >= 4 is 37.8 Å². The van der Waals surface area contributed by atoms with Crippen LogP contribution in [-0.2, 0) is 0 Å². The van der Waals surface area contributed by atoms with E-state index >= 15 is 0 Å². The van der Waals surface area contributed by atoms with Crippen LogP contribution in [0.15, 0.2) is 22.7 Å². The summed E-state index contributed by atoms with van der Waals surface area (Å²) in [6.45, 7) is -1.48. The molecule has 1 amide bonds. The Balaban J connectivity index is 2.95. The van der Waals surface area contributed by atoms with E-state index in [1.165, 1.54) is 12.1 Å². The molecule has 0 saturated carbocycles. The number of alkyl halides is 4. The predicted octanol–water partition coefficient (Wildman–Crippen LogP) is 3.99. The molecule has 0 spiro atoms. The maximum absolute atomic E-state index is 13.3. The molecular weight excluding hydrogens is 398 g/mol. The van der Waals surface area contributed by atoms with Crippen molar-refractivity contribution in [1.82, 2.24) is 4.90 Å². The molecule has 0 aliphatic rings. The number of halogens is 6. The Bertz CT molecular complexity index is 464. The average molecular weight is 407 g/mol. The summed E-state index contributed by atoms with van der Waals surface area (Å²) >= 11 is 5.89.